The van der Waals surface area contributed by atoms with Gasteiger partial charge in [0.2, 0.25) is 0 Å². The van der Waals surface area contributed by atoms with Crippen molar-refractivity contribution < 1.29 is 0 Å². The van der Waals surface area contributed by atoms with Gasteiger partial charge in [0.15, 0.2) is 0 Å². The molecule has 0 unspecified atom stereocenters. The van der Waals surface area contributed by atoms with Crippen molar-refractivity contribution in [2.75, 3.05) is 6.54 Å². The normalized spacial score (nSPS) is 26.1. The zero-order chi connectivity index (χ0) is 14.9. The lowest BCUT2D eigenvalue weighted by Gasteiger charge is -2.51. The average molecular weight is 314 g/mol. The van der Waals surface area contributed by atoms with Crippen LogP contribution in [-0.2, 0) is 5.41 Å². The van der Waals surface area contributed by atoms with Crippen LogP contribution < -0.4 is 5.32 Å². The van der Waals surface area contributed by atoms with E-state index in [1.807, 2.05) is 18.2 Å². The Labute approximate surface area is 133 Å². The van der Waals surface area contributed by atoms with Crippen LogP contribution >= 0.6 is 23.2 Å². The first-order valence-electron chi connectivity index (χ1n) is 7.53. The van der Waals surface area contributed by atoms with E-state index in [9.17, 15) is 0 Å². The molecule has 1 aliphatic carbocycles. The van der Waals surface area contributed by atoms with Crippen molar-refractivity contribution in [2.24, 2.45) is 11.8 Å². The Morgan fingerprint density at radius 3 is 2.15 bits per heavy atom. The molecule has 20 heavy (non-hydrogen) atoms. The van der Waals surface area contributed by atoms with Crippen LogP contribution in [0.25, 0.3) is 0 Å². The number of rotatable bonds is 5. The van der Waals surface area contributed by atoms with Gasteiger partial charge in [-0.15, -0.1) is 0 Å². The Bertz CT molecular complexity index is 436. The zero-order valence-corrected chi connectivity index (χ0v) is 14.4. The van der Waals surface area contributed by atoms with Crippen LogP contribution in [0.15, 0.2) is 18.2 Å². The Balaban J connectivity index is 2.29. The van der Waals surface area contributed by atoms with E-state index in [0.717, 1.165) is 34.0 Å². The summed E-state index contributed by atoms with van der Waals surface area (Å²) >= 11 is 12.9. The lowest BCUT2D eigenvalue weighted by Crippen LogP contribution is -2.51. The van der Waals surface area contributed by atoms with Crippen LogP contribution in [0.1, 0.15) is 46.1 Å². The van der Waals surface area contributed by atoms with Gasteiger partial charge in [0, 0.05) is 28.0 Å². The molecule has 112 valence electrons. The van der Waals surface area contributed by atoms with E-state index in [1.54, 1.807) is 0 Å². The molecule has 3 heteroatoms. The number of halogens is 2. The van der Waals surface area contributed by atoms with Gasteiger partial charge in [-0.05, 0) is 42.4 Å². The third-order valence-corrected chi connectivity index (χ3v) is 5.22. The Morgan fingerprint density at radius 2 is 1.70 bits per heavy atom. The van der Waals surface area contributed by atoms with Crippen LogP contribution in [0.2, 0.25) is 10.0 Å². The largest absolute Gasteiger partial charge is 0.314 e. The van der Waals surface area contributed by atoms with Gasteiger partial charge < -0.3 is 5.32 Å². The van der Waals surface area contributed by atoms with Crippen molar-refractivity contribution in [1.82, 2.24) is 5.32 Å². The van der Waals surface area contributed by atoms with Crippen molar-refractivity contribution in [1.29, 1.82) is 0 Å². The third kappa shape index (κ3) is 3.16. The topological polar surface area (TPSA) is 12.0 Å². The summed E-state index contributed by atoms with van der Waals surface area (Å²) in [6.07, 6.45) is 2.35. The van der Waals surface area contributed by atoms with E-state index in [2.05, 4.69) is 33.0 Å². The first kappa shape index (κ1) is 16.1. The molecule has 0 aromatic heterocycles. The number of hydrogen-bond donors (Lipinski definition) is 1. The summed E-state index contributed by atoms with van der Waals surface area (Å²) < 4.78 is 0. The SMILES string of the molecule is CC(C)NCC1(c2c(Cl)cccc2Cl)CC(C(C)C)C1. The molecule has 1 nitrogen and oxygen atoms in total. The van der Waals surface area contributed by atoms with Gasteiger partial charge in [0.25, 0.3) is 0 Å². The number of hydrogen-bond acceptors (Lipinski definition) is 1. The first-order chi connectivity index (χ1) is 9.35. The molecular formula is C17H25Cl2N. The molecule has 0 saturated heterocycles. The van der Waals surface area contributed by atoms with Gasteiger partial charge in [-0.3, -0.25) is 0 Å². The highest BCUT2D eigenvalue weighted by atomic mass is 35.5. The van der Waals surface area contributed by atoms with Gasteiger partial charge >= 0.3 is 0 Å². The van der Waals surface area contributed by atoms with Crippen LogP contribution in [-0.4, -0.2) is 12.6 Å². The fourth-order valence-corrected chi connectivity index (χ4v) is 4.05. The molecule has 1 N–H and O–H groups in total. The molecule has 0 aliphatic heterocycles. The summed E-state index contributed by atoms with van der Waals surface area (Å²) in [6, 6.07) is 6.33. The van der Waals surface area contributed by atoms with Crippen molar-refractivity contribution >= 4 is 23.2 Å². The molecule has 2 rings (SSSR count). The molecule has 0 radical (unpaired) electrons. The van der Waals surface area contributed by atoms with E-state index in [0.29, 0.717) is 6.04 Å². The average Bonchev–Trinajstić information content (AvgIpc) is 2.29. The Kier molecular flexibility index (Phi) is 5.05. The van der Waals surface area contributed by atoms with Gasteiger partial charge in [-0.1, -0.05) is 57.0 Å². The van der Waals surface area contributed by atoms with Gasteiger partial charge in [-0.2, -0.15) is 0 Å². The van der Waals surface area contributed by atoms with Gasteiger partial charge in [0.05, 0.1) is 0 Å². The predicted molar refractivity (Wildman–Crippen MR) is 88.8 cm³/mol. The van der Waals surface area contributed by atoms with Crippen LogP contribution in [0.3, 0.4) is 0 Å². The minimum Gasteiger partial charge on any atom is -0.314 e. The van der Waals surface area contributed by atoms with Crippen LogP contribution in [0.4, 0.5) is 0 Å². The molecule has 1 aromatic carbocycles. The summed E-state index contributed by atoms with van der Waals surface area (Å²) in [5.74, 6) is 1.50. The highest BCUT2D eigenvalue weighted by Gasteiger charge is 2.48. The van der Waals surface area contributed by atoms with Crippen molar-refractivity contribution in [3.63, 3.8) is 0 Å². The molecule has 1 fully saturated rings. The molecule has 0 heterocycles. The quantitative estimate of drug-likeness (QED) is 0.778. The number of benzene rings is 1. The standard InChI is InChI=1S/C17H25Cl2N/c1-11(2)13-8-17(9-13,10-20-12(3)4)16-14(18)6-5-7-15(16)19/h5-7,11-13,20H,8-10H2,1-4H3. The van der Waals surface area contributed by atoms with Crippen LogP contribution in [0, 0.1) is 11.8 Å². The molecule has 1 saturated carbocycles. The van der Waals surface area contributed by atoms with E-state index in [-0.39, 0.29) is 5.41 Å². The second kappa shape index (κ2) is 6.25. The minimum absolute atomic E-state index is 0.106. The molecule has 0 spiro atoms. The second-order valence-corrected chi connectivity index (χ2v) is 7.64. The summed E-state index contributed by atoms with van der Waals surface area (Å²) in [6.45, 7) is 9.93. The minimum atomic E-state index is 0.106. The Hall–Kier alpha value is -0.240. The first-order valence-corrected chi connectivity index (χ1v) is 8.29. The van der Waals surface area contributed by atoms with Crippen molar-refractivity contribution in [3.8, 4) is 0 Å². The van der Waals surface area contributed by atoms with Gasteiger partial charge in [0.1, 0.15) is 0 Å². The van der Waals surface area contributed by atoms with E-state index < -0.39 is 0 Å². The molecule has 0 amide bonds. The molecule has 1 aliphatic rings. The maximum Gasteiger partial charge on any atom is 0.0459 e. The number of nitrogens with one attached hydrogen (secondary N) is 1. The summed E-state index contributed by atoms with van der Waals surface area (Å²) in [5.41, 5.74) is 1.25. The van der Waals surface area contributed by atoms with Crippen molar-refractivity contribution in [3.05, 3.63) is 33.8 Å². The van der Waals surface area contributed by atoms with E-state index >= 15 is 0 Å². The van der Waals surface area contributed by atoms with Crippen LogP contribution in [0.5, 0.6) is 0 Å². The maximum atomic E-state index is 6.46. The lowest BCUT2D eigenvalue weighted by molar-refractivity contribution is 0.0960. The fourth-order valence-electron chi connectivity index (χ4n) is 3.26. The fraction of sp³-hybridized carbons (Fsp3) is 0.647. The van der Waals surface area contributed by atoms with E-state index in [1.165, 1.54) is 12.8 Å². The zero-order valence-electron chi connectivity index (χ0n) is 12.8. The molecule has 0 bridgehead atoms. The summed E-state index contributed by atoms with van der Waals surface area (Å²) in [5, 5.41) is 5.20. The third-order valence-electron chi connectivity index (χ3n) is 4.59. The van der Waals surface area contributed by atoms with Crippen molar-refractivity contribution in [2.45, 2.75) is 52.0 Å². The van der Waals surface area contributed by atoms with E-state index in [4.69, 9.17) is 23.2 Å². The highest BCUT2D eigenvalue weighted by molar-refractivity contribution is 6.36. The monoisotopic (exact) mass is 313 g/mol. The van der Waals surface area contributed by atoms with Gasteiger partial charge in [-0.25, -0.2) is 0 Å². The predicted octanol–water partition coefficient (Wildman–Crippen LogP) is 5.30. The lowest BCUT2D eigenvalue weighted by atomic mass is 9.55. The second-order valence-electron chi connectivity index (χ2n) is 6.82. The molecule has 1 aromatic rings. The summed E-state index contributed by atoms with van der Waals surface area (Å²) in [4.78, 5) is 0. The Morgan fingerprint density at radius 1 is 1.15 bits per heavy atom. The highest BCUT2D eigenvalue weighted by Crippen LogP contribution is 2.53. The summed E-state index contributed by atoms with van der Waals surface area (Å²) in [7, 11) is 0. The smallest absolute Gasteiger partial charge is 0.0459 e. The maximum absolute atomic E-state index is 6.46. The molecular weight excluding hydrogens is 289 g/mol. The molecule has 0 atom stereocenters.